The highest BCUT2D eigenvalue weighted by atomic mass is 19.2. The smallest absolute Gasteiger partial charge is 0.310 e. The lowest BCUT2D eigenvalue weighted by atomic mass is 10.1. The fourth-order valence-corrected chi connectivity index (χ4v) is 2.52. The van der Waals surface area contributed by atoms with Gasteiger partial charge >= 0.3 is 5.97 Å². The zero-order valence-corrected chi connectivity index (χ0v) is 12.5. The number of carbonyl (C=O) groups is 3. The van der Waals surface area contributed by atoms with Crippen molar-refractivity contribution in [3.05, 3.63) is 64.7 Å². The SMILES string of the molecule is COC(=O)Cc1ccc(N2C(=O)c3ccccc3C2=O)c(F)c1F. The normalized spacial score (nSPS) is 13.2. The largest absolute Gasteiger partial charge is 0.469 e. The van der Waals surface area contributed by atoms with Crippen LogP contribution >= 0.6 is 0 Å². The van der Waals surface area contributed by atoms with Gasteiger partial charge in [0.25, 0.3) is 11.8 Å². The summed E-state index contributed by atoms with van der Waals surface area (Å²) in [5, 5.41) is 0. The van der Waals surface area contributed by atoms with Gasteiger partial charge in [0.1, 0.15) is 0 Å². The van der Waals surface area contributed by atoms with Crippen LogP contribution in [0.25, 0.3) is 0 Å². The third-order valence-corrected chi connectivity index (χ3v) is 3.74. The molecule has 0 unspecified atom stereocenters. The number of halogens is 2. The molecular formula is C17H11F2NO4. The summed E-state index contributed by atoms with van der Waals surface area (Å²) >= 11 is 0. The summed E-state index contributed by atoms with van der Waals surface area (Å²) < 4.78 is 32.9. The molecule has 2 aromatic carbocycles. The molecule has 0 fully saturated rings. The highest BCUT2D eigenvalue weighted by Gasteiger charge is 2.38. The molecule has 122 valence electrons. The maximum absolute atomic E-state index is 14.4. The monoisotopic (exact) mass is 331 g/mol. The van der Waals surface area contributed by atoms with Crippen molar-refractivity contribution in [2.75, 3.05) is 12.0 Å². The fourth-order valence-electron chi connectivity index (χ4n) is 2.52. The van der Waals surface area contributed by atoms with Gasteiger partial charge in [-0.15, -0.1) is 0 Å². The molecule has 0 N–H and O–H groups in total. The van der Waals surface area contributed by atoms with Crippen LogP contribution < -0.4 is 4.90 Å². The van der Waals surface area contributed by atoms with E-state index in [0.717, 1.165) is 19.2 Å². The Hall–Kier alpha value is -3.09. The van der Waals surface area contributed by atoms with Gasteiger partial charge in [-0.3, -0.25) is 14.4 Å². The average molecular weight is 331 g/mol. The first-order valence-corrected chi connectivity index (χ1v) is 6.97. The third kappa shape index (κ3) is 2.34. The molecule has 0 bridgehead atoms. The van der Waals surface area contributed by atoms with E-state index in [-0.39, 0.29) is 16.7 Å². The summed E-state index contributed by atoms with van der Waals surface area (Å²) in [7, 11) is 1.13. The number of nitrogens with zero attached hydrogens (tertiary/aromatic N) is 1. The van der Waals surface area contributed by atoms with Gasteiger partial charge in [0.15, 0.2) is 11.6 Å². The third-order valence-electron chi connectivity index (χ3n) is 3.74. The van der Waals surface area contributed by atoms with Crippen molar-refractivity contribution in [2.24, 2.45) is 0 Å². The molecule has 1 aliphatic heterocycles. The Balaban J connectivity index is 2.03. The van der Waals surface area contributed by atoms with Crippen molar-refractivity contribution in [3.63, 3.8) is 0 Å². The second-order valence-electron chi connectivity index (χ2n) is 5.12. The number of rotatable bonds is 3. The first-order chi connectivity index (χ1) is 11.5. The topological polar surface area (TPSA) is 63.7 Å². The Morgan fingerprint density at radius 3 is 2.12 bits per heavy atom. The van der Waals surface area contributed by atoms with Gasteiger partial charge in [-0.1, -0.05) is 18.2 Å². The number of hydrogen-bond acceptors (Lipinski definition) is 4. The molecule has 1 heterocycles. The lowest BCUT2D eigenvalue weighted by Gasteiger charge is -2.16. The summed E-state index contributed by atoms with van der Waals surface area (Å²) in [6, 6.07) is 8.27. The quantitative estimate of drug-likeness (QED) is 0.640. The van der Waals surface area contributed by atoms with E-state index in [0.29, 0.717) is 4.90 Å². The second kappa shape index (κ2) is 5.84. The number of hydrogen-bond donors (Lipinski definition) is 0. The summed E-state index contributed by atoms with van der Waals surface area (Å²) in [5.74, 6) is -4.86. The van der Waals surface area contributed by atoms with Gasteiger partial charge in [0.05, 0.1) is 30.3 Å². The van der Waals surface area contributed by atoms with E-state index in [4.69, 9.17) is 0 Å². The fraction of sp³-hybridized carbons (Fsp3) is 0.118. The lowest BCUT2D eigenvalue weighted by molar-refractivity contribution is -0.139. The van der Waals surface area contributed by atoms with Crippen LogP contribution in [0.2, 0.25) is 0 Å². The van der Waals surface area contributed by atoms with E-state index in [2.05, 4.69) is 4.74 Å². The highest BCUT2D eigenvalue weighted by Crippen LogP contribution is 2.32. The molecule has 3 rings (SSSR count). The Kier molecular flexibility index (Phi) is 3.84. The highest BCUT2D eigenvalue weighted by molar-refractivity contribution is 6.34. The number of fused-ring (bicyclic) bond motifs is 1. The van der Waals surface area contributed by atoms with Crippen molar-refractivity contribution >= 4 is 23.5 Å². The zero-order valence-electron chi connectivity index (χ0n) is 12.5. The maximum Gasteiger partial charge on any atom is 0.310 e. The van der Waals surface area contributed by atoms with Crippen molar-refractivity contribution in [2.45, 2.75) is 6.42 Å². The van der Waals surface area contributed by atoms with Crippen LogP contribution in [0.4, 0.5) is 14.5 Å². The molecule has 1 aliphatic rings. The van der Waals surface area contributed by atoms with E-state index in [1.165, 1.54) is 12.1 Å². The zero-order chi connectivity index (χ0) is 17.4. The van der Waals surface area contributed by atoms with E-state index in [1.54, 1.807) is 12.1 Å². The first kappa shape index (κ1) is 15.8. The number of methoxy groups -OCH3 is 1. The van der Waals surface area contributed by atoms with Crippen LogP contribution in [0.5, 0.6) is 0 Å². The molecular weight excluding hydrogens is 320 g/mol. The molecule has 2 amide bonds. The Morgan fingerprint density at radius 1 is 1.00 bits per heavy atom. The van der Waals surface area contributed by atoms with Crippen LogP contribution in [0, 0.1) is 11.6 Å². The van der Waals surface area contributed by atoms with Gasteiger partial charge in [-0.2, -0.15) is 0 Å². The van der Waals surface area contributed by atoms with Crippen molar-refractivity contribution in [1.29, 1.82) is 0 Å². The number of esters is 1. The van der Waals surface area contributed by atoms with E-state index < -0.39 is 41.5 Å². The van der Waals surface area contributed by atoms with E-state index >= 15 is 0 Å². The minimum absolute atomic E-state index is 0.126. The van der Waals surface area contributed by atoms with Crippen LogP contribution in [0.1, 0.15) is 26.3 Å². The number of carbonyl (C=O) groups excluding carboxylic acids is 3. The Bertz CT molecular complexity index is 844. The van der Waals surface area contributed by atoms with Crippen LogP contribution in [0.15, 0.2) is 36.4 Å². The molecule has 5 nitrogen and oxygen atoms in total. The molecule has 2 aromatic rings. The summed E-state index contributed by atoms with van der Waals surface area (Å²) in [6.07, 6.45) is -0.457. The van der Waals surface area contributed by atoms with Gasteiger partial charge in [0.2, 0.25) is 0 Å². The molecule has 0 radical (unpaired) electrons. The Labute approximate surface area is 135 Å². The maximum atomic E-state index is 14.4. The molecule has 0 saturated carbocycles. The number of ether oxygens (including phenoxy) is 1. The minimum Gasteiger partial charge on any atom is -0.469 e. The van der Waals surface area contributed by atoms with Crippen molar-refractivity contribution in [1.82, 2.24) is 0 Å². The second-order valence-corrected chi connectivity index (χ2v) is 5.12. The summed E-state index contributed by atoms with van der Waals surface area (Å²) in [6.45, 7) is 0. The molecule has 0 aliphatic carbocycles. The molecule has 7 heteroatoms. The first-order valence-electron chi connectivity index (χ1n) is 6.97. The number of benzene rings is 2. The summed E-state index contributed by atoms with van der Waals surface area (Å²) in [5.41, 5.74) is -0.464. The van der Waals surface area contributed by atoms with Gasteiger partial charge in [0, 0.05) is 5.56 Å². The molecule has 0 aromatic heterocycles. The standard InChI is InChI=1S/C17H11F2NO4/c1-24-13(21)8-9-6-7-12(15(19)14(9)18)20-16(22)10-4-2-3-5-11(10)17(20)23/h2-7H,8H2,1H3. The minimum atomic E-state index is -1.37. The number of amides is 2. The molecule has 0 saturated heterocycles. The number of anilines is 1. The van der Waals surface area contributed by atoms with Gasteiger partial charge in [-0.25, -0.2) is 13.7 Å². The van der Waals surface area contributed by atoms with Crippen LogP contribution in [-0.4, -0.2) is 24.9 Å². The molecule has 0 spiro atoms. The van der Waals surface area contributed by atoms with E-state index in [9.17, 15) is 23.2 Å². The predicted molar refractivity (Wildman–Crippen MR) is 79.7 cm³/mol. The molecule has 24 heavy (non-hydrogen) atoms. The van der Waals surface area contributed by atoms with Crippen LogP contribution in [0.3, 0.4) is 0 Å². The number of imide groups is 1. The lowest BCUT2D eigenvalue weighted by Crippen LogP contribution is -2.30. The average Bonchev–Trinajstić information content (AvgIpc) is 2.84. The van der Waals surface area contributed by atoms with Crippen molar-refractivity contribution < 1.29 is 27.9 Å². The van der Waals surface area contributed by atoms with Crippen molar-refractivity contribution in [3.8, 4) is 0 Å². The van der Waals surface area contributed by atoms with E-state index in [1.807, 2.05) is 0 Å². The Morgan fingerprint density at radius 2 is 1.58 bits per heavy atom. The summed E-state index contributed by atoms with van der Waals surface area (Å²) in [4.78, 5) is 36.4. The predicted octanol–water partition coefficient (Wildman–Crippen LogP) is 2.48. The van der Waals surface area contributed by atoms with Gasteiger partial charge < -0.3 is 4.74 Å². The van der Waals surface area contributed by atoms with Crippen LogP contribution in [-0.2, 0) is 16.0 Å². The molecule has 0 atom stereocenters. The van der Waals surface area contributed by atoms with Gasteiger partial charge in [-0.05, 0) is 18.2 Å².